The van der Waals surface area contributed by atoms with E-state index in [1.54, 1.807) is 12.0 Å². The van der Waals surface area contributed by atoms with Gasteiger partial charge in [-0.05, 0) is 49.0 Å². The second-order valence-electron chi connectivity index (χ2n) is 5.57. The minimum atomic E-state index is 0.985. The highest BCUT2D eigenvalue weighted by molar-refractivity contribution is 5.15. The molecule has 1 aromatic carbocycles. The van der Waals surface area contributed by atoms with Gasteiger partial charge in [-0.25, -0.2) is 0 Å². The lowest BCUT2D eigenvalue weighted by atomic mass is 9.78. The molecular weight excluding hydrogens is 180 g/mol. The number of fused-ring (bicyclic) bond motifs is 2. The van der Waals surface area contributed by atoms with E-state index in [0.717, 1.165) is 17.8 Å². The number of benzene rings is 1. The summed E-state index contributed by atoms with van der Waals surface area (Å²) in [6.45, 7) is 0. The molecule has 0 aromatic heterocycles. The van der Waals surface area contributed by atoms with Crippen LogP contribution in [-0.4, -0.2) is 0 Å². The van der Waals surface area contributed by atoms with Crippen LogP contribution in [0.3, 0.4) is 0 Å². The molecule has 0 N–H and O–H groups in total. The summed E-state index contributed by atoms with van der Waals surface area (Å²) >= 11 is 0. The Bertz CT molecular complexity index is 302. The fourth-order valence-corrected chi connectivity index (χ4v) is 3.76. The average molecular weight is 200 g/mol. The maximum absolute atomic E-state index is 2.29. The summed E-state index contributed by atoms with van der Waals surface area (Å²) < 4.78 is 0. The molecule has 0 spiro atoms. The van der Waals surface area contributed by atoms with Crippen molar-refractivity contribution in [2.45, 2.75) is 38.5 Å². The molecule has 0 aliphatic heterocycles. The van der Waals surface area contributed by atoms with Gasteiger partial charge in [-0.15, -0.1) is 0 Å². The quantitative estimate of drug-likeness (QED) is 0.675. The summed E-state index contributed by atoms with van der Waals surface area (Å²) in [5.41, 5.74) is 1.55. The first-order valence-electron chi connectivity index (χ1n) is 6.44. The van der Waals surface area contributed by atoms with E-state index >= 15 is 0 Å². The zero-order chi connectivity index (χ0) is 10.1. The van der Waals surface area contributed by atoms with Crippen LogP contribution in [0.15, 0.2) is 30.3 Å². The van der Waals surface area contributed by atoms with E-state index in [9.17, 15) is 0 Å². The van der Waals surface area contributed by atoms with Gasteiger partial charge in [-0.2, -0.15) is 0 Å². The Kier molecular flexibility index (Phi) is 2.52. The second kappa shape index (κ2) is 4.00. The van der Waals surface area contributed by atoms with Crippen LogP contribution >= 0.6 is 0 Å². The van der Waals surface area contributed by atoms with Crippen LogP contribution in [0.25, 0.3) is 0 Å². The summed E-state index contributed by atoms with van der Waals surface area (Å²) in [6.07, 6.45) is 8.93. The molecule has 0 radical (unpaired) electrons. The third-order valence-electron chi connectivity index (χ3n) is 4.35. The molecule has 80 valence electrons. The smallest absolute Gasteiger partial charge is 0.0250 e. The Morgan fingerprint density at radius 1 is 0.867 bits per heavy atom. The largest absolute Gasteiger partial charge is 0.0622 e. The van der Waals surface area contributed by atoms with Crippen molar-refractivity contribution in [3.63, 3.8) is 0 Å². The molecule has 1 unspecified atom stereocenters. The van der Waals surface area contributed by atoms with Gasteiger partial charge in [0.15, 0.2) is 0 Å². The minimum Gasteiger partial charge on any atom is -0.0622 e. The fourth-order valence-electron chi connectivity index (χ4n) is 3.76. The first-order chi connectivity index (χ1) is 7.40. The average Bonchev–Trinajstić information content (AvgIpc) is 2.60. The Labute approximate surface area is 92.7 Å². The molecule has 0 nitrogen and oxygen atoms in total. The molecule has 0 amide bonds. The van der Waals surface area contributed by atoms with Crippen LogP contribution in [0.4, 0.5) is 0 Å². The standard InChI is InChI=1S/C15H20/c1-2-4-12(5-3-1)8-15-10-13-6-7-14(9-13)11-15/h1-5,13-15H,6-11H2/t13-,14+,15?. The lowest BCUT2D eigenvalue weighted by Gasteiger charge is -2.27. The monoisotopic (exact) mass is 200 g/mol. The summed E-state index contributed by atoms with van der Waals surface area (Å²) in [6, 6.07) is 11.0. The first kappa shape index (κ1) is 9.45. The molecule has 2 aliphatic carbocycles. The van der Waals surface area contributed by atoms with Crippen molar-refractivity contribution in [3.8, 4) is 0 Å². The van der Waals surface area contributed by atoms with Gasteiger partial charge in [-0.1, -0.05) is 43.2 Å². The van der Waals surface area contributed by atoms with Crippen molar-refractivity contribution < 1.29 is 0 Å². The van der Waals surface area contributed by atoms with Gasteiger partial charge in [-0.3, -0.25) is 0 Å². The van der Waals surface area contributed by atoms with E-state index in [1.807, 2.05) is 0 Å². The summed E-state index contributed by atoms with van der Waals surface area (Å²) in [5, 5.41) is 0. The van der Waals surface area contributed by atoms with E-state index in [2.05, 4.69) is 30.3 Å². The normalized spacial score (nSPS) is 34.3. The minimum absolute atomic E-state index is 0.985. The molecule has 2 aliphatic rings. The molecule has 1 aromatic rings. The SMILES string of the molecule is c1ccc(CC2C[C@H]3CC[C@@H](C2)C3)cc1. The Balaban J connectivity index is 1.65. The molecule has 0 heterocycles. The van der Waals surface area contributed by atoms with Gasteiger partial charge in [0.05, 0.1) is 0 Å². The van der Waals surface area contributed by atoms with Crippen molar-refractivity contribution in [1.82, 2.24) is 0 Å². The lowest BCUT2D eigenvalue weighted by molar-refractivity contribution is 0.260. The summed E-state index contributed by atoms with van der Waals surface area (Å²) in [7, 11) is 0. The van der Waals surface area contributed by atoms with Crippen LogP contribution in [0.1, 0.15) is 37.7 Å². The Hall–Kier alpha value is -0.780. The van der Waals surface area contributed by atoms with Gasteiger partial charge in [0.25, 0.3) is 0 Å². The third kappa shape index (κ3) is 2.09. The van der Waals surface area contributed by atoms with Gasteiger partial charge in [0.1, 0.15) is 0 Å². The number of hydrogen-bond donors (Lipinski definition) is 0. The van der Waals surface area contributed by atoms with Gasteiger partial charge >= 0.3 is 0 Å². The summed E-state index contributed by atoms with van der Waals surface area (Å²) in [5.74, 6) is 3.15. The molecule has 0 heteroatoms. The molecule has 15 heavy (non-hydrogen) atoms. The van der Waals surface area contributed by atoms with Crippen molar-refractivity contribution in [3.05, 3.63) is 35.9 Å². The summed E-state index contributed by atoms with van der Waals surface area (Å²) in [4.78, 5) is 0. The second-order valence-corrected chi connectivity index (χ2v) is 5.57. The molecular formula is C15H20. The highest BCUT2D eigenvalue weighted by atomic mass is 14.4. The predicted octanol–water partition coefficient (Wildman–Crippen LogP) is 4.06. The van der Waals surface area contributed by atoms with Crippen LogP contribution in [0.2, 0.25) is 0 Å². The Morgan fingerprint density at radius 3 is 2.20 bits per heavy atom. The highest BCUT2D eigenvalue weighted by Crippen LogP contribution is 2.45. The molecule has 3 rings (SSSR count). The van der Waals surface area contributed by atoms with Crippen molar-refractivity contribution in [2.24, 2.45) is 17.8 Å². The van der Waals surface area contributed by atoms with Crippen LogP contribution in [0.5, 0.6) is 0 Å². The Morgan fingerprint density at radius 2 is 1.53 bits per heavy atom. The van der Waals surface area contributed by atoms with Gasteiger partial charge in [0, 0.05) is 0 Å². The fraction of sp³-hybridized carbons (Fsp3) is 0.600. The molecule has 0 saturated heterocycles. The maximum atomic E-state index is 2.29. The van der Waals surface area contributed by atoms with E-state index < -0.39 is 0 Å². The van der Waals surface area contributed by atoms with E-state index in [1.165, 1.54) is 32.1 Å². The van der Waals surface area contributed by atoms with Crippen LogP contribution < -0.4 is 0 Å². The van der Waals surface area contributed by atoms with Crippen molar-refractivity contribution in [1.29, 1.82) is 0 Å². The predicted molar refractivity (Wildman–Crippen MR) is 63.7 cm³/mol. The van der Waals surface area contributed by atoms with Crippen molar-refractivity contribution in [2.75, 3.05) is 0 Å². The molecule has 2 saturated carbocycles. The topological polar surface area (TPSA) is 0 Å². The zero-order valence-electron chi connectivity index (χ0n) is 9.36. The first-order valence-corrected chi connectivity index (χ1v) is 6.44. The third-order valence-corrected chi connectivity index (χ3v) is 4.35. The van der Waals surface area contributed by atoms with E-state index in [4.69, 9.17) is 0 Å². The maximum Gasteiger partial charge on any atom is -0.0250 e. The van der Waals surface area contributed by atoms with E-state index in [0.29, 0.717) is 0 Å². The number of rotatable bonds is 2. The molecule has 2 fully saturated rings. The van der Waals surface area contributed by atoms with Crippen molar-refractivity contribution >= 4 is 0 Å². The zero-order valence-corrected chi connectivity index (χ0v) is 9.36. The van der Waals surface area contributed by atoms with E-state index in [-0.39, 0.29) is 0 Å². The molecule has 3 atom stereocenters. The van der Waals surface area contributed by atoms with Gasteiger partial charge < -0.3 is 0 Å². The lowest BCUT2D eigenvalue weighted by Crippen LogP contribution is -2.17. The number of hydrogen-bond acceptors (Lipinski definition) is 0. The van der Waals surface area contributed by atoms with Gasteiger partial charge in [0.2, 0.25) is 0 Å². The molecule has 2 bridgehead atoms. The van der Waals surface area contributed by atoms with Crippen LogP contribution in [-0.2, 0) is 6.42 Å². The van der Waals surface area contributed by atoms with Crippen LogP contribution in [0, 0.1) is 17.8 Å². The highest BCUT2D eigenvalue weighted by Gasteiger charge is 2.33.